The van der Waals surface area contributed by atoms with Crippen LogP contribution in [0, 0.1) is 6.92 Å². The van der Waals surface area contributed by atoms with E-state index in [-0.39, 0.29) is 5.97 Å². The third-order valence-corrected chi connectivity index (χ3v) is 3.25. The van der Waals surface area contributed by atoms with Crippen molar-refractivity contribution in [1.82, 2.24) is 0 Å². The Labute approximate surface area is 131 Å². The van der Waals surface area contributed by atoms with Crippen LogP contribution in [-0.4, -0.2) is 12.6 Å². The molecule has 2 rings (SSSR count). The Morgan fingerprint density at radius 2 is 1.86 bits per heavy atom. The zero-order chi connectivity index (χ0) is 15.8. The van der Waals surface area contributed by atoms with E-state index in [1.165, 1.54) is 6.08 Å². The van der Waals surface area contributed by atoms with Crippen LogP contribution in [0.4, 0.5) is 0 Å². The molecule has 0 N–H and O–H groups in total. The van der Waals surface area contributed by atoms with Gasteiger partial charge in [0.15, 0.2) is 0 Å². The molecule has 0 aliphatic rings. The van der Waals surface area contributed by atoms with E-state index in [9.17, 15) is 4.79 Å². The summed E-state index contributed by atoms with van der Waals surface area (Å²) in [5, 5.41) is 0. The molecule has 0 aliphatic carbocycles. The zero-order valence-electron chi connectivity index (χ0n) is 12.9. The summed E-state index contributed by atoms with van der Waals surface area (Å²) in [6.07, 6.45) is 3.19. The van der Waals surface area contributed by atoms with Gasteiger partial charge in [-0.05, 0) is 42.7 Å². The van der Waals surface area contributed by atoms with Crippen LogP contribution in [0.25, 0.3) is 6.08 Å². The van der Waals surface area contributed by atoms with Gasteiger partial charge in [-0.15, -0.1) is 0 Å². The summed E-state index contributed by atoms with van der Waals surface area (Å²) < 4.78 is 10.7. The Morgan fingerprint density at radius 3 is 2.59 bits per heavy atom. The highest BCUT2D eigenvalue weighted by atomic mass is 16.5. The highest BCUT2D eigenvalue weighted by molar-refractivity contribution is 5.87. The summed E-state index contributed by atoms with van der Waals surface area (Å²) in [6, 6.07) is 15.8. The van der Waals surface area contributed by atoms with Crippen molar-refractivity contribution in [2.24, 2.45) is 0 Å². The van der Waals surface area contributed by atoms with Crippen molar-refractivity contribution in [3.63, 3.8) is 0 Å². The molecule has 3 nitrogen and oxygen atoms in total. The lowest BCUT2D eigenvalue weighted by Crippen LogP contribution is -1.99. The number of rotatable bonds is 6. The number of carbonyl (C=O) groups is 1. The van der Waals surface area contributed by atoms with Gasteiger partial charge in [-0.25, -0.2) is 4.79 Å². The molecular formula is C19H20O3. The first kappa shape index (κ1) is 15.8. The average Bonchev–Trinajstić information content (AvgIpc) is 2.54. The van der Waals surface area contributed by atoms with Crippen LogP contribution in [-0.2, 0) is 16.1 Å². The fraction of sp³-hybridized carbons (Fsp3) is 0.211. The first-order valence-corrected chi connectivity index (χ1v) is 7.32. The van der Waals surface area contributed by atoms with Gasteiger partial charge in [-0.3, -0.25) is 0 Å². The number of carbonyl (C=O) groups excluding carboxylic acids is 1. The molecule has 0 unspecified atom stereocenters. The van der Waals surface area contributed by atoms with Gasteiger partial charge in [-0.1, -0.05) is 42.5 Å². The molecule has 0 saturated carbocycles. The van der Waals surface area contributed by atoms with E-state index >= 15 is 0 Å². The normalized spacial score (nSPS) is 10.6. The fourth-order valence-electron chi connectivity index (χ4n) is 2.05. The van der Waals surface area contributed by atoms with Crippen molar-refractivity contribution in [1.29, 1.82) is 0 Å². The van der Waals surface area contributed by atoms with E-state index in [0.29, 0.717) is 13.2 Å². The number of hydrogen-bond donors (Lipinski definition) is 0. The second kappa shape index (κ2) is 8.03. The van der Waals surface area contributed by atoms with Crippen molar-refractivity contribution in [2.45, 2.75) is 20.5 Å². The Kier molecular flexibility index (Phi) is 5.78. The van der Waals surface area contributed by atoms with Gasteiger partial charge in [0.05, 0.1) is 6.61 Å². The summed E-state index contributed by atoms with van der Waals surface area (Å²) in [4.78, 5) is 11.4. The average molecular weight is 296 g/mol. The molecule has 0 saturated heterocycles. The predicted octanol–water partition coefficient (Wildman–Crippen LogP) is 4.15. The lowest BCUT2D eigenvalue weighted by molar-refractivity contribution is -0.137. The van der Waals surface area contributed by atoms with E-state index in [2.05, 4.69) is 0 Å². The highest BCUT2D eigenvalue weighted by Gasteiger charge is 2.04. The van der Waals surface area contributed by atoms with Crippen molar-refractivity contribution >= 4 is 12.0 Å². The number of esters is 1. The maximum atomic E-state index is 11.4. The van der Waals surface area contributed by atoms with Crippen LogP contribution < -0.4 is 4.74 Å². The third-order valence-electron chi connectivity index (χ3n) is 3.25. The maximum Gasteiger partial charge on any atom is 0.330 e. The Hall–Kier alpha value is -2.55. The fourth-order valence-corrected chi connectivity index (χ4v) is 2.05. The molecule has 0 fully saturated rings. The molecule has 0 aromatic heterocycles. The van der Waals surface area contributed by atoms with Gasteiger partial charge in [0.1, 0.15) is 12.4 Å². The summed E-state index contributed by atoms with van der Waals surface area (Å²) in [5.41, 5.74) is 3.06. The lowest BCUT2D eigenvalue weighted by Gasteiger charge is -2.11. The predicted molar refractivity (Wildman–Crippen MR) is 87.6 cm³/mol. The second-order valence-electron chi connectivity index (χ2n) is 4.83. The molecule has 3 heteroatoms. The molecule has 0 radical (unpaired) electrons. The Morgan fingerprint density at radius 1 is 1.09 bits per heavy atom. The number of benzene rings is 2. The van der Waals surface area contributed by atoms with Gasteiger partial charge in [0.25, 0.3) is 0 Å². The van der Waals surface area contributed by atoms with Crippen LogP contribution in [0.5, 0.6) is 5.75 Å². The van der Waals surface area contributed by atoms with Crippen LogP contribution in [0.2, 0.25) is 0 Å². The van der Waals surface area contributed by atoms with Gasteiger partial charge in [-0.2, -0.15) is 0 Å². The van der Waals surface area contributed by atoms with Crippen LogP contribution in [0.15, 0.2) is 54.6 Å². The van der Waals surface area contributed by atoms with E-state index in [1.54, 1.807) is 13.0 Å². The van der Waals surface area contributed by atoms with Gasteiger partial charge in [0.2, 0.25) is 0 Å². The second-order valence-corrected chi connectivity index (χ2v) is 4.83. The maximum absolute atomic E-state index is 11.4. The van der Waals surface area contributed by atoms with Crippen molar-refractivity contribution in [3.05, 3.63) is 71.3 Å². The van der Waals surface area contributed by atoms with E-state index in [0.717, 1.165) is 22.4 Å². The van der Waals surface area contributed by atoms with Gasteiger partial charge < -0.3 is 9.47 Å². The molecule has 0 heterocycles. The first-order valence-electron chi connectivity index (χ1n) is 7.32. The topological polar surface area (TPSA) is 35.5 Å². The molecular weight excluding hydrogens is 276 g/mol. The quantitative estimate of drug-likeness (QED) is 0.593. The molecule has 0 spiro atoms. The van der Waals surface area contributed by atoms with Crippen LogP contribution in [0.3, 0.4) is 0 Å². The van der Waals surface area contributed by atoms with Crippen LogP contribution in [0.1, 0.15) is 23.6 Å². The molecule has 2 aromatic rings. The van der Waals surface area contributed by atoms with E-state index in [1.807, 2.05) is 55.5 Å². The molecule has 0 aliphatic heterocycles. The zero-order valence-corrected chi connectivity index (χ0v) is 12.9. The SMILES string of the molecule is CCOC(=O)C=Cc1cccc(OCc2ccccc2)c1C. The van der Waals surface area contributed by atoms with E-state index in [4.69, 9.17) is 9.47 Å². The molecule has 114 valence electrons. The highest BCUT2D eigenvalue weighted by Crippen LogP contribution is 2.23. The molecule has 22 heavy (non-hydrogen) atoms. The third kappa shape index (κ3) is 4.48. The van der Waals surface area contributed by atoms with Crippen LogP contribution >= 0.6 is 0 Å². The molecule has 0 bridgehead atoms. The number of ether oxygens (including phenoxy) is 2. The first-order chi connectivity index (χ1) is 10.7. The largest absolute Gasteiger partial charge is 0.489 e. The smallest absolute Gasteiger partial charge is 0.330 e. The van der Waals surface area contributed by atoms with E-state index < -0.39 is 0 Å². The number of hydrogen-bond acceptors (Lipinski definition) is 3. The monoisotopic (exact) mass is 296 g/mol. The van der Waals surface area contributed by atoms with Gasteiger partial charge >= 0.3 is 5.97 Å². The summed E-state index contributed by atoms with van der Waals surface area (Å²) >= 11 is 0. The molecule has 2 aromatic carbocycles. The Balaban J connectivity index is 2.07. The lowest BCUT2D eigenvalue weighted by atomic mass is 10.1. The summed E-state index contributed by atoms with van der Waals surface area (Å²) in [6.45, 7) is 4.66. The minimum atomic E-state index is -0.336. The standard InChI is InChI=1S/C19H20O3/c1-3-21-19(20)13-12-17-10-7-11-18(15(17)2)22-14-16-8-5-4-6-9-16/h4-13H,3,14H2,1-2H3. The van der Waals surface area contributed by atoms with Crippen molar-refractivity contribution in [3.8, 4) is 5.75 Å². The van der Waals surface area contributed by atoms with Gasteiger partial charge in [0, 0.05) is 6.08 Å². The van der Waals surface area contributed by atoms with Crippen molar-refractivity contribution < 1.29 is 14.3 Å². The summed E-state index contributed by atoms with van der Waals surface area (Å²) in [7, 11) is 0. The minimum Gasteiger partial charge on any atom is -0.489 e. The Bertz CT molecular complexity index is 645. The minimum absolute atomic E-state index is 0.336. The summed E-state index contributed by atoms with van der Waals surface area (Å²) in [5.74, 6) is 0.479. The molecule has 0 amide bonds. The van der Waals surface area contributed by atoms with Crippen molar-refractivity contribution in [2.75, 3.05) is 6.61 Å². The molecule has 0 atom stereocenters.